The van der Waals surface area contributed by atoms with Crippen LogP contribution < -0.4 is 4.80 Å². The van der Waals surface area contributed by atoms with E-state index in [1.807, 2.05) is 28.8 Å². The van der Waals surface area contributed by atoms with E-state index in [-0.39, 0.29) is 18.3 Å². The molecule has 1 aromatic heterocycles. The van der Waals surface area contributed by atoms with Crippen LogP contribution in [0.25, 0.3) is 10.2 Å². The van der Waals surface area contributed by atoms with Crippen LogP contribution in [0.5, 0.6) is 0 Å². The van der Waals surface area contributed by atoms with Crippen LogP contribution in [0.4, 0.5) is 0 Å². The van der Waals surface area contributed by atoms with Crippen LogP contribution in [0.1, 0.15) is 23.7 Å². The van der Waals surface area contributed by atoms with Gasteiger partial charge in [-0.05, 0) is 37.3 Å². The van der Waals surface area contributed by atoms with E-state index in [9.17, 15) is 9.59 Å². The van der Waals surface area contributed by atoms with Gasteiger partial charge in [-0.2, -0.15) is 4.99 Å². The monoisotopic (exact) mass is 388 g/mol. The summed E-state index contributed by atoms with van der Waals surface area (Å²) in [5.41, 5.74) is 1.35. The van der Waals surface area contributed by atoms with E-state index in [1.54, 1.807) is 31.2 Å². The summed E-state index contributed by atoms with van der Waals surface area (Å²) in [4.78, 5) is 29.0. The topological polar surface area (TPSA) is 60.7 Å². The summed E-state index contributed by atoms with van der Waals surface area (Å²) in [7, 11) is 0. The van der Waals surface area contributed by atoms with Crippen molar-refractivity contribution in [2.24, 2.45) is 4.99 Å². The van der Waals surface area contributed by atoms with Crippen LogP contribution in [0, 0.1) is 0 Å². The Balaban J connectivity index is 2.00. The molecule has 0 saturated heterocycles. The molecule has 0 aliphatic heterocycles. The number of carbonyl (C=O) groups is 2. The highest BCUT2D eigenvalue weighted by Crippen LogP contribution is 2.18. The number of benzene rings is 2. The molecule has 134 valence electrons. The first kappa shape index (κ1) is 18.4. The number of para-hydroxylation sites is 1. The van der Waals surface area contributed by atoms with Gasteiger partial charge in [0.2, 0.25) is 0 Å². The van der Waals surface area contributed by atoms with Crippen molar-refractivity contribution >= 4 is 45.0 Å². The fourth-order valence-corrected chi connectivity index (χ4v) is 3.78. The first-order valence-corrected chi connectivity index (χ1v) is 9.36. The molecule has 0 radical (unpaired) electrons. The molecule has 0 aliphatic carbocycles. The molecule has 0 aliphatic rings. The molecule has 1 heterocycles. The summed E-state index contributed by atoms with van der Waals surface area (Å²) >= 11 is 7.36. The second-order valence-electron chi connectivity index (χ2n) is 5.49. The van der Waals surface area contributed by atoms with Crippen molar-refractivity contribution in [2.45, 2.75) is 19.9 Å². The van der Waals surface area contributed by atoms with Gasteiger partial charge in [-0.15, -0.1) is 0 Å². The smallest absolute Gasteiger partial charge is 0.307 e. The van der Waals surface area contributed by atoms with Crippen LogP contribution in [0.15, 0.2) is 53.5 Å². The lowest BCUT2D eigenvalue weighted by Crippen LogP contribution is -2.19. The fourth-order valence-electron chi connectivity index (χ4n) is 2.53. The second kappa shape index (κ2) is 8.29. The van der Waals surface area contributed by atoms with E-state index < -0.39 is 0 Å². The molecule has 0 unspecified atom stereocenters. The molecule has 0 bridgehead atoms. The number of amides is 1. The van der Waals surface area contributed by atoms with Gasteiger partial charge < -0.3 is 9.30 Å². The summed E-state index contributed by atoms with van der Waals surface area (Å²) in [6.45, 7) is 2.51. The van der Waals surface area contributed by atoms with Crippen molar-refractivity contribution in [3.63, 3.8) is 0 Å². The highest BCUT2D eigenvalue weighted by atomic mass is 35.5. The third-order valence-corrected chi connectivity index (χ3v) is 5.00. The molecule has 3 aromatic rings. The van der Waals surface area contributed by atoms with Crippen molar-refractivity contribution in [1.82, 2.24) is 4.57 Å². The summed E-state index contributed by atoms with van der Waals surface area (Å²) in [5.74, 6) is -0.647. The number of rotatable bonds is 5. The number of esters is 1. The summed E-state index contributed by atoms with van der Waals surface area (Å²) in [6, 6.07) is 14.4. The lowest BCUT2D eigenvalue weighted by molar-refractivity contribution is -0.143. The minimum absolute atomic E-state index is 0.215. The number of aryl methyl sites for hydroxylation is 1. The first-order chi connectivity index (χ1) is 12.6. The van der Waals surface area contributed by atoms with Crippen LogP contribution in [0.2, 0.25) is 5.02 Å². The molecule has 7 heteroatoms. The highest BCUT2D eigenvalue weighted by Gasteiger charge is 2.11. The Hall–Kier alpha value is -2.44. The predicted molar refractivity (Wildman–Crippen MR) is 102 cm³/mol. The van der Waals surface area contributed by atoms with Crippen LogP contribution in [0.3, 0.4) is 0 Å². The standard InChI is InChI=1S/C19H17ClN2O3S/c1-2-25-17(23)10-11-22-15-8-3-4-9-16(15)26-19(22)21-18(24)13-6-5-7-14(20)12-13/h3-9,12H,2,10-11H2,1H3. The summed E-state index contributed by atoms with van der Waals surface area (Å²) < 4.78 is 7.86. The minimum atomic E-state index is -0.371. The Bertz CT molecular complexity index is 1020. The molecular weight excluding hydrogens is 372 g/mol. The SMILES string of the molecule is CCOC(=O)CCn1c(=NC(=O)c2cccc(Cl)c2)sc2ccccc21. The van der Waals surface area contributed by atoms with E-state index >= 15 is 0 Å². The van der Waals surface area contributed by atoms with Crippen LogP contribution in [-0.2, 0) is 16.1 Å². The number of thiazole rings is 1. The molecular formula is C19H17ClN2O3S. The largest absolute Gasteiger partial charge is 0.466 e. The number of carbonyl (C=O) groups excluding carboxylic acids is 2. The summed E-state index contributed by atoms with van der Waals surface area (Å²) in [5, 5.41) is 0.484. The maximum atomic E-state index is 12.5. The maximum Gasteiger partial charge on any atom is 0.307 e. The Kier molecular flexibility index (Phi) is 5.85. The third-order valence-electron chi connectivity index (χ3n) is 3.70. The number of hydrogen-bond donors (Lipinski definition) is 0. The van der Waals surface area contributed by atoms with Gasteiger partial charge in [-0.25, -0.2) is 0 Å². The van der Waals surface area contributed by atoms with Crippen LogP contribution >= 0.6 is 22.9 Å². The second-order valence-corrected chi connectivity index (χ2v) is 6.93. The Labute approximate surface area is 159 Å². The van der Waals surface area contributed by atoms with Gasteiger partial charge in [-0.3, -0.25) is 9.59 Å². The van der Waals surface area contributed by atoms with Gasteiger partial charge >= 0.3 is 5.97 Å². The molecule has 5 nitrogen and oxygen atoms in total. The molecule has 26 heavy (non-hydrogen) atoms. The molecule has 3 rings (SSSR count). The highest BCUT2D eigenvalue weighted by molar-refractivity contribution is 7.16. The molecule has 2 aromatic carbocycles. The van der Waals surface area contributed by atoms with Crippen LogP contribution in [-0.4, -0.2) is 23.1 Å². The lowest BCUT2D eigenvalue weighted by atomic mass is 10.2. The van der Waals surface area contributed by atoms with E-state index in [2.05, 4.69) is 4.99 Å². The number of aromatic nitrogens is 1. The van der Waals surface area contributed by atoms with E-state index in [0.717, 1.165) is 10.2 Å². The van der Waals surface area contributed by atoms with Crippen molar-refractivity contribution in [1.29, 1.82) is 0 Å². The lowest BCUT2D eigenvalue weighted by Gasteiger charge is -2.05. The normalized spacial score (nSPS) is 11.7. The molecule has 0 N–H and O–H groups in total. The zero-order valence-electron chi connectivity index (χ0n) is 14.1. The average molecular weight is 389 g/mol. The number of fused-ring (bicyclic) bond motifs is 1. The Morgan fingerprint density at radius 1 is 1.19 bits per heavy atom. The zero-order valence-corrected chi connectivity index (χ0v) is 15.7. The van der Waals surface area contributed by atoms with Crippen molar-refractivity contribution < 1.29 is 14.3 Å². The van der Waals surface area contributed by atoms with Gasteiger partial charge in [0.15, 0.2) is 4.80 Å². The van der Waals surface area contributed by atoms with Crippen molar-refractivity contribution in [3.05, 3.63) is 63.9 Å². The average Bonchev–Trinajstić information content (AvgIpc) is 2.97. The van der Waals surface area contributed by atoms with E-state index in [4.69, 9.17) is 16.3 Å². The van der Waals surface area contributed by atoms with Gasteiger partial charge in [-0.1, -0.05) is 41.1 Å². The van der Waals surface area contributed by atoms with Crippen molar-refractivity contribution in [2.75, 3.05) is 6.61 Å². The number of hydrogen-bond acceptors (Lipinski definition) is 4. The number of nitrogens with zero attached hydrogens (tertiary/aromatic N) is 2. The molecule has 0 saturated carbocycles. The predicted octanol–water partition coefficient (Wildman–Crippen LogP) is 4.05. The van der Waals surface area contributed by atoms with Crippen molar-refractivity contribution in [3.8, 4) is 0 Å². The van der Waals surface area contributed by atoms with Gasteiger partial charge in [0.05, 0.1) is 23.2 Å². The molecule has 1 amide bonds. The Morgan fingerprint density at radius 3 is 2.77 bits per heavy atom. The molecule has 0 fully saturated rings. The quantitative estimate of drug-likeness (QED) is 0.619. The van der Waals surface area contributed by atoms with E-state index in [1.165, 1.54) is 11.3 Å². The maximum absolute atomic E-state index is 12.5. The van der Waals surface area contributed by atoms with Gasteiger partial charge in [0, 0.05) is 17.1 Å². The first-order valence-electron chi connectivity index (χ1n) is 8.17. The summed E-state index contributed by atoms with van der Waals surface area (Å²) in [6.07, 6.45) is 0.215. The minimum Gasteiger partial charge on any atom is -0.466 e. The molecule has 0 spiro atoms. The number of ether oxygens (including phenoxy) is 1. The third kappa shape index (κ3) is 4.20. The fraction of sp³-hybridized carbons (Fsp3) is 0.211. The Morgan fingerprint density at radius 2 is 2.00 bits per heavy atom. The van der Waals surface area contributed by atoms with E-state index in [0.29, 0.717) is 28.5 Å². The van der Waals surface area contributed by atoms with Gasteiger partial charge in [0.1, 0.15) is 0 Å². The number of halogens is 1. The zero-order chi connectivity index (χ0) is 18.5. The molecule has 0 atom stereocenters. The van der Waals surface area contributed by atoms with Gasteiger partial charge in [0.25, 0.3) is 5.91 Å².